The van der Waals surface area contributed by atoms with E-state index < -0.39 is 0 Å². The fourth-order valence-electron chi connectivity index (χ4n) is 1.35. The monoisotopic (exact) mass is 141 g/mol. The van der Waals surface area contributed by atoms with Crippen molar-refractivity contribution in [3.8, 4) is 0 Å². The van der Waals surface area contributed by atoms with Crippen LogP contribution in [-0.4, -0.2) is 11.9 Å². The molecule has 0 spiro atoms. The maximum Gasteiger partial charge on any atom is 0.219 e. The Hall–Kier alpha value is -0.530. The molecule has 2 nitrogen and oxygen atoms in total. The van der Waals surface area contributed by atoms with Gasteiger partial charge in [0.1, 0.15) is 0 Å². The van der Waals surface area contributed by atoms with Gasteiger partial charge in [-0.05, 0) is 18.8 Å². The van der Waals surface area contributed by atoms with Gasteiger partial charge in [-0.2, -0.15) is 0 Å². The van der Waals surface area contributed by atoms with Crippen molar-refractivity contribution in [1.82, 2.24) is 5.32 Å². The Balaban J connectivity index is 2.10. The van der Waals surface area contributed by atoms with Crippen LogP contribution >= 0.6 is 0 Å². The van der Waals surface area contributed by atoms with Gasteiger partial charge in [0.15, 0.2) is 0 Å². The van der Waals surface area contributed by atoms with Crippen molar-refractivity contribution in [3.63, 3.8) is 0 Å². The van der Waals surface area contributed by atoms with Crippen molar-refractivity contribution < 1.29 is 4.79 Å². The van der Waals surface area contributed by atoms with Gasteiger partial charge in [0.25, 0.3) is 0 Å². The minimum atomic E-state index is 0.192. The summed E-state index contributed by atoms with van der Waals surface area (Å²) in [6.45, 7) is 4.10. The van der Waals surface area contributed by atoms with Crippen LogP contribution in [0, 0.1) is 5.92 Å². The molecule has 1 rings (SSSR count). The number of hydrogen-bond donors (Lipinski definition) is 1. The molecule has 0 saturated heterocycles. The lowest BCUT2D eigenvalue weighted by Gasteiger charge is -2.33. The molecule has 1 aliphatic carbocycles. The number of nitrogens with one attached hydrogen (secondary N) is 1. The highest BCUT2D eigenvalue weighted by molar-refractivity contribution is 5.75. The highest BCUT2D eigenvalue weighted by Crippen LogP contribution is 2.26. The highest BCUT2D eigenvalue weighted by atomic mass is 16.1. The van der Waals surface area contributed by atoms with E-state index in [0.717, 1.165) is 5.92 Å². The standard InChI is InChI=1S/C8H15NO/c1-3-8(10)9-7-4-6(2)5-7/h6-7H,3-5H2,1-2H3,(H,9,10)/t6-,7-. The molecule has 0 unspecified atom stereocenters. The average Bonchev–Trinajstić information content (AvgIpc) is 1.84. The summed E-state index contributed by atoms with van der Waals surface area (Å²) in [6, 6.07) is 0.488. The summed E-state index contributed by atoms with van der Waals surface area (Å²) < 4.78 is 0. The Kier molecular flexibility index (Phi) is 2.30. The molecular weight excluding hydrogens is 126 g/mol. The summed E-state index contributed by atoms with van der Waals surface area (Å²) >= 11 is 0. The first-order valence-electron chi connectivity index (χ1n) is 4.01. The van der Waals surface area contributed by atoms with Crippen molar-refractivity contribution in [2.75, 3.05) is 0 Å². The van der Waals surface area contributed by atoms with Gasteiger partial charge in [0.05, 0.1) is 0 Å². The molecule has 0 aromatic heterocycles. The largest absolute Gasteiger partial charge is 0.353 e. The number of amides is 1. The van der Waals surface area contributed by atoms with E-state index in [1.807, 2.05) is 6.92 Å². The van der Waals surface area contributed by atoms with Gasteiger partial charge in [0, 0.05) is 12.5 Å². The molecule has 0 bridgehead atoms. The van der Waals surface area contributed by atoms with Crippen LogP contribution in [0.2, 0.25) is 0 Å². The van der Waals surface area contributed by atoms with Crippen molar-refractivity contribution in [2.45, 2.75) is 39.2 Å². The first-order chi connectivity index (χ1) is 4.72. The van der Waals surface area contributed by atoms with Crippen molar-refractivity contribution in [3.05, 3.63) is 0 Å². The third-order valence-electron chi connectivity index (χ3n) is 2.06. The Labute approximate surface area is 62.0 Å². The maximum absolute atomic E-state index is 10.8. The van der Waals surface area contributed by atoms with Crippen LogP contribution in [-0.2, 0) is 4.79 Å². The third kappa shape index (κ3) is 1.72. The lowest BCUT2D eigenvalue weighted by Crippen LogP contribution is -2.43. The molecule has 0 aromatic carbocycles. The summed E-state index contributed by atoms with van der Waals surface area (Å²) in [5.74, 6) is 1.01. The summed E-state index contributed by atoms with van der Waals surface area (Å²) in [7, 11) is 0. The summed E-state index contributed by atoms with van der Waals surface area (Å²) in [4.78, 5) is 10.8. The summed E-state index contributed by atoms with van der Waals surface area (Å²) in [5.41, 5.74) is 0. The fraction of sp³-hybridized carbons (Fsp3) is 0.875. The molecule has 0 radical (unpaired) electrons. The topological polar surface area (TPSA) is 29.1 Å². The maximum atomic E-state index is 10.8. The first-order valence-corrected chi connectivity index (χ1v) is 4.01. The second-order valence-corrected chi connectivity index (χ2v) is 3.19. The highest BCUT2D eigenvalue weighted by Gasteiger charge is 2.25. The molecule has 0 aliphatic heterocycles. The SMILES string of the molecule is CCC(=O)N[C@H]1C[C@H](C)C1. The van der Waals surface area contributed by atoms with Gasteiger partial charge >= 0.3 is 0 Å². The minimum absolute atomic E-state index is 0.192. The third-order valence-corrected chi connectivity index (χ3v) is 2.06. The van der Waals surface area contributed by atoms with E-state index >= 15 is 0 Å². The average molecular weight is 141 g/mol. The van der Waals surface area contributed by atoms with Gasteiger partial charge in [-0.1, -0.05) is 13.8 Å². The van der Waals surface area contributed by atoms with Crippen LogP contribution in [0.15, 0.2) is 0 Å². The molecule has 2 heteroatoms. The van der Waals surface area contributed by atoms with Crippen molar-refractivity contribution >= 4 is 5.91 Å². The fourth-order valence-corrected chi connectivity index (χ4v) is 1.35. The lowest BCUT2D eigenvalue weighted by atomic mass is 9.82. The zero-order valence-electron chi connectivity index (χ0n) is 6.68. The molecule has 0 heterocycles. The number of hydrogen-bond acceptors (Lipinski definition) is 1. The van der Waals surface area contributed by atoms with Crippen molar-refractivity contribution in [1.29, 1.82) is 0 Å². The molecule has 58 valence electrons. The second kappa shape index (κ2) is 3.04. The quantitative estimate of drug-likeness (QED) is 0.617. The van der Waals surface area contributed by atoms with Crippen LogP contribution in [0.4, 0.5) is 0 Å². The van der Waals surface area contributed by atoms with E-state index in [9.17, 15) is 4.79 Å². The summed E-state index contributed by atoms with van der Waals surface area (Å²) in [5, 5.41) is 2.96. The predicted octanol–water partition coefficient (Wildman–Crippen LogP) is 1.31. The number of rotatable bonds is 2. The second-order valence-electron chi connectivity index (χ2n) is 3.19. The molecule has 0 atom stereocenters. The van der Waals surface area contributed by atoms with E-state index in [4.69, 9.17) is 0 Å². The van der Waals surface area contributed by atoms with Crippen LogP contribution in [0.5, 0.6) is 0 Å². The van der Waals surface area contributed by atoms with Crippen LogP contribution < -0.4 is 5.32 Å². The van der Waals surface area contributed by atoms with E-state index in [-0.39, 0.29) is 5.91 Å². The van der Waals surface area contributed by atoms with Crippen LogP contribution in [0.1, 0.15) is 33.1 Å². The van der Waals surface area contributed by atoms with Gasteiger partial charge in [0.2, 0.25) is 5.91 Å². The molecule has 1 N–H and O–H groups in total. The van der Waals surface area contributed by atoms with Gasteiger partial charge < -0.3 is 5.32 Å². The van der Waals surface area contributed by atoms with Gasteiger partial charge in [-0.15, -0.1) is 0 Å². The zero-order valence-corrected chi connectivity index (χ0v) is 6.68. The molecule has 10 heavy (non-hydrogen) atoms. The molecular formula is C8H15NO. The van der Waals surface area contributed by atoms with Gasteiger partial charge in [-0.3, -0.25) is 4.79 Å². The normalized spacial score (nSPS) is 31.0. The lowest BCUT2D eigenvalue weighted by molar-refractivity contribution is -0.122. The van der Waals surface area contributed by atoms with E-state index in [2.05, 4.69) is 12.2 Å². The predicted molar refractivity (Wildman–Crippen MR) is 40.6 cm³/mol. The summed E-state index contributed by atoms with van der Waals surface area (Å²) in [6.07, 6.45) is 2.96. The Bertz CT molecular complexity index is 127. The first kappa shape index (κ1) is 7.58. The Morgan fingerprint density at radius 1 is 1.60 bits per heavy atom. The molecule has 1 aliphatic rings. The van der Waals surface area contributed by atoms with E-state index in [1.165, 1.54) is 12.8 Å². The van der Waals surface area contributed by atoms with Crippen LogP contribution in [0.3, 0.4) is 0 Å². The number of carbonyl (C=O) groups excluding carboxylic acids is 1. The smallest absolute Gasteiger partial charge is 0.219 e. The molecule has 1 amide bonds. The molecule has 1 fully saturated rings. The minimum Gasteiger partial charge on any atom is -0.353 e. The molecule has 1 saturated carbocycles. The molecule has 0 aromatic rings. The van der Waals surface area contributed by atoms with E-state index in [1.54, 1.807) is 0 Å². The number of carbonyl (C=O) groups is 1. The zero-order chi connectivity index (χ0) is 7.56. The Morgan fingerprint density at radius 2 is 2.20 bits per heavy atom. The van der Waals surface area contributed by atoms with E-state index in [0.29, 0.717) is 12.5 Å². The Morgan fingerprint density at radius 3 is 2.60 bits per heavy atom. The van der Waals surface area contributed by atoms with Crippen LogP contribution in [0.25, 0.3) is 0 Å². The van der Waals surface area contributed by atoms with Gasteiger partial charge in [-0.25, -0.2) is 0 Å². The van der Waals surface area contributed by atoms with Crippen molar-refractivity contribution in [2.24, 2.45) is 5.92 Å².